The fourth-order valence-electron chi connectivity index (χ4n) is 3.56. The molecule has 0 fully saturated rings. The maximum Gasteiger partial charge on any atom is 0.311 e. The molecule has 37 heavy (non-hydrogen) atoms. The van der Waals surface area contributed by atoms with Crippen molar-refractivity contribution in [2.75, 3.05) is 17.7 Å². The predicted octanol–water partition coefficient (Wildman–Crippen LogP) is 5.97. The number of hydrogen-bond acceptors (Lipinski definition) is 8. The van der Waals surface area contributed by atoms with Gasteiger partial charge in [0, 0.05) is 28.7 Å². The molecule has 4 rings (SSSR count). The Morgan fingerprint density at radius 1 is 1.05 bits per heavy atom. The number of nitriles is 1. The van der Waals surface area contributed by atoms with Crippen LogP contribution in [0.1, 0.15) is 24.6 Å². The quantitative estimate of drug-likeness (QED) is 0.200. The highest BCUT2D eigenvalue weighted by Gasteiger charge is 2.17. The van der Waals surface area contributed by atoms with Crippen molar-refractivity contribution in [1.82, 2.24) is 9.97 Å². The molecule has 4 aromatic rings. The third-order valence-corrected chi connectivity index (χ3v) is 7.03. The second-order valence-electron chi connectivity index (χ2n) is 7.85. The zero-order valence-corrected chi connectivity index (χ0v) is 21.8. The number of aromatic nitrogens is 2. The average Bonchev–Trinajstić information content (AvgIpc) is 3.35. The Morgan fingerprint density at radius 2 is 1.76 bits per heavy atom. The minimum Gasteiger partial charge on any atom is -0.466 e. The monoisotopic (exact) mass is 528 g/mol. The van der Waals surface area contributed by atoms with Gasteiger partial charge < -0.3 is 10.1 Å². The molecule has 1 N–H and O–H groups in total. The van der Waals surface area contributed by atoms with E-state index in [-0.39, 0.29) is 24.7 Å². The van der Waals surface area contributed by atoms with Crippen LogP contribution in [0.2, 0.25) is 0 Å². The van der Waals surface area contributed by atoms with Gasteiger partial charge in [-0.25, -0.2) is 9.97 Å². The van der Waals surface area contributed by atoms with Crippen LogP contribution in [0.15, 0.2) is 77.1 Å². The summed E-state index contributed by atoms with van der Waals surface area (Å²) >= 11 is 2.63. The van der Waals surface area contributed by atoms with Crippen molar-refractivity contribution in [3.8, 4) is 28.5 Å². The molecule has 0 saturated carbocycles. The lowest BCUT2D eigenvalue weighted by molar-refractivity contribution is -0.142. The number of carbonyl (C=O) groups is 2. The third-order valence-electron chi connectivity index (χ3n) is 5.25. The summed E-state index contributed by atoms with van der Waals surface area (Å²) in [5, 5.41) is 15.5. The van der Waals surface area contributed by atoms with Crippen molar-refractivity contribution < 1.29 is 14.3 Å². The molecule has 2 aromatic carbocycles. The molecule has 186 valence electrons. The molecule has 0 atom stereocenters. The molecular weight excluding hydrogens is 504 g/mol. The lowest BCUT2D eigenvalue weighted by atomic mass is 9.99. The van der Waals surface area contributed by atoms with E-state index in [1.807, 2.05) is 66.7 Å². The first-order valence-corrected chi connectivity index (χ1v) is 13.5. The molecule has 0 aliphatic heterocycles. The lowest BCUT2D eigenvalue weighted by Crippen LogP contribution is -2.12. The summed E-state index contributed by atoms with van der Waals surface area (Å²) in [6.45, 7) is 2.06. The zero-order valence-electron chi connectivity index (χ0n) is 20.1. The Balaban J connectivity index is 1.47. The summed E-state index contributed by atoms with van der Waals surface area (Å²) < 4.78 is 4.93. The average molecular weight is 529 g/mol. The van der Waals surface area contributed by atoms with E-state index in [9.17, 15) is 14.9 Å². The number of nitrogens with one attached hydrogen (secondary N) is 1. The van der Waals surface area contributed by atoms with E-state index in [1.54, 1.807) is 12.3 Å². The number of rotatable bonds is 10. The van der Waals surface area contributed by atoms with Crippen LogP contribution < -0.4 is 5.32 Å². The summed E-state index contributed by atoms with van der Waals surface area (Å²) in [6, 6.07) is 23.8. The molecule has 2 heterocycles. The van der Waals surface area contributed by atoms with Gasteiger partial charge in [0.25, 0.3) is 0 Å². The molecule has 7 nitrogen and oxygen atoms in total. The number of anilines is 1. The first kappa shape index (κ1) is 26.1. The molecule has 9 heteroatoms. The van der Waals surface area contributed by atoms with Crippen molar-refractivity contribution in [1.29, 1.82) is 5.26 Å². The van der Waals surface area contributed by atoms with E-state index in [0.29, 0.717) is 33.8 Å². The van der Waals surface area contributed by atoms with Gasteiger partial charge in [-0.05, 0) is 18.6 Å². The van der Waals surface area contributed by atoms with E-state index in [1.165, 1.54) is 23.1 Å². The summed E-state index contributed by atoms with van der Waals surface area (Å²) in [5.74, 6) is -0.123. The van der Waals surface area contributed by atoms with Crippen LogP contribution in [0.3, 0.4) is 0 Å². The van der Waals surface area contributed by atoms with Gasteiger partial charge in [-0.3, -0.25) is 9.59 Å². The number of benzene rings is 2. The van der Waals surface area contributed by atoms with Gasteiger partial charge in [0.1, 0.15) is 11.1 Å². The van der Waals surface area contributed by atoms with Crippen LogP contribution in [0, 0.1) is 11.3 Å². The van der Waals surface area contributed by atoms with E-state index in [4.69, 9.17) is 9.72 Å². The van der Waals surface area contributed by atoms with Gasteiger partial charge in [0.2, 0.25) is 5.91 Å². The minimum absolute atomic E-state index is 0.0696. The van der Waals surface area contributed by atoms with Gasteiger partial charge in [-0.15, -0.1) is 23.1 Å². The Morgan fingerprint density at radius 3 is 2.43 bits per heavy atom. The first-order chi connectivity index (χ1) is 18.1. The standard InChI is InChI=1S/C28H24N4O3S2/c1-2-35-26(34)15-21-18-37-28(30-21)32-25(33)13-14-36-27-23(17-29)22(19-9-5-3-6-10-19)16-24(31-27)20-11-7-4-8-12-20/h3-12,16,18H,2,13-15H2,1H3,(H,30,32,33). The van der Waals surface area contributed by atoms with Crippen molar-refractivity contribution in [3.63, 3.8) is 0 Å². The van der Waals surface area contributed by atoms with Crippen molar-refractivity contribution in [2.45, 2.75) is 24.8 Å². The van der Waals surface area contributed by atoms with Gasteiger partial charge in [0.05, 0.1) is 30.0 Å². The second kappa shape index (κ2) is 12.8. The van der Waals surface area contributed by atoms with Crippen molar-refractivity contribution in [2.24, 2.45) is 0 Å². The Hall–Kier alpha value is -4.00. The predicted molar refractivity (Wildman–Crippen MR) is 146 cm³/mol. The molecular formula is C28H24N4O3S2. The van der Waals surface area contributed by atoms with Crippen LogP contribution in [-0.2, 0) is 20.7 Å². The molecule has 0 aliphatic rings. The van der Waals surface area contributed by atoms with E-state index >= 15 is 0 Å². The normalized spacial score (nSPS) is 10.5. The van der Waals surface area contributed by atoms with Gasteiger partial charge in [0.15, 0.2) is 5.13 Å². The Bertz CT molecular complexity index is 1420. The number of thiazole rings is 1. The van der Waals surface area contributed by atoms with E-state index < -0.39 is 0 Å². The summed E-state index contributed by atoms with van der Waals surface area (Å²) in [7, 11) is 0. The van der Waals surface area contributed by atoms with Gasteiger partial charge in [-0.1, -0.05) is 60.7 Å². The number of esters is 1. The number of carbonyl (C=O) groups excluding carboxylic acids is 2. The third kappa shape index (κ3) is 7.03. The first-order valence-electron chi connectivity index (χ1n) is 11.7. The summed E-state index contributed by atoms with van der Waals surface area (Å²) in [6.07, 6.45) is 0.278. The number of ether oxygens (including phenoxy) is 1. The summed E-state index contributed by atoms with van der Waals surface area (Å²) in [5.41, 5.74) is 4.50. The zero-order chi connectivity index (χ0) is 26.0. The highest BCUT2D eigenvalue weighted by molar-refractivity contribution is 7.99. The molecule has 0 spiro atoms. The SMILES string of the molecule is CCOC(=O)Cc1csc(NC(=O)CCSc2nc(-c3ccccc3)cc(-c3ccccc3)c2C#N)n1. The Kier molecular flexibility index (Phi) is 9.03. The van der Waals surface area contributed by atoms with Gasteiger partial charge >= 0.3 is 5.97 Å². The van der Waals surface area contributed by atoms with Gasteiger partial charge in [-0.2, -0.15) is 5.26 Å². The van der Waals surface area contributed by atoms with E-state index in [0.717, 1.165) is 22.4 Å². The lowest BCUT2D eigenvalue weighted by Gasteiger charge is -2.12. The fraction of sp³-hybridized carbons (Fsp3) is 0.179. The van der Waals surface area contributed by atoms with Crippen LogP contribution in [0.5, 0.6) is 0 Å². The maximum atomic E-state index is 12.5. The Labute approximate surface area is 223 Å². The fourth-order valence-corrected chi connectivity index (χ4v) is 5.23. The number of amides is 1. The topological polar surface area (TPSA) is 105 Å². The van der Waals surface area contributed by atoms with Crippen LogP contribution in [-0.4, -0.2) is 34.2 Å². The van der Waals surface area contributed by atoms with E-state index in [2.05, 4.69) is 16.4 Å². The molecule has 0 radical (unpaired) electrons. The number of hydrogen-bond donors (Lipinski definition) is 1. The molecule has 0 saturated heterocycles. The van der Waals surface area contributed by atoms with Crippen LogP contribution in [0.4, 0.5) is 5.13 Å². The molecule has 1 amide bonds. The van der Waals surface area contributed by atoms with Crippen molar-refractivity contribution >= 4 is 40.1 Å². The van der Waals surface area contributed by atoms with Crippen molar-refractivity contribution in [3.05, 3.63) is 83.4 Å². The van der Waals surface area contributed by atoms with Crippen LogP contribution >= 0.6 is 23.1 Å². The highest BCUT2D eigenvalue weighted by Crippen LogP contribution is 2.34. The molecule has 2 aromatic heterocycles. The van der Waals surface area contributed by atoms with Crippen LogP contribution in [0.25, 0.3) is 22.4 Å². The number of thioether (sulfide) groups is 1. The summed E-state index contributed by atoms with van der Waals surface area (Å²) in [4.78, 5) is 33.2. The molecule has 0 aliphatic carbocycles. The molecule has 0 unspecified atom stereocenters. The molecule has 0 bridgehead atoms. The second-order valence-corrected chi connectivity index (χ2v) is 9.79. The smallest absolute Gasteiger partial charge is 0.311 e. The minimum atomic E-state index is -0.351. The largest absolute Gasteiger partial charge is 0.466 e. The highest BCUT2D eigenvalue weighted by atomic mass is 32.2. The maximum absolute atomic E-state index is 12.5. The number of pyridine rings is 1. The number of nitrogens with zero attached hydrogens (tertiary/aromatic N) is 3.